The number of nitrogens with one attached hydrogen (secondary N) is 2. The van der Waals surface area contributed by atoms with Crippen LogP contribution < -0.4 is 10.6 Å². The summed E-state index contributed by atoms with van der Waals surface area (Å²) >= 11 is 0. The molecule has 0 aliphatic rings. The summed E-state index contributed by atoms with van der Waals surface area (Å²) in [7, 11) is 0. The molecule has 0 aromatic heterocycles. The molecule has 0 saturated carbocycles. The summed E-state index contributed by atoms with van der Waals surface area (Å²) in [5.74, 6) is -0.478. The molecule has 0 unspecified atom stereocenters. The van der Waals surface area contributed by atoms with Crippen molar-refractivity contribution in [2.75, 3.05) is 11.9 Å². The van der Waals surface area contributed by atoms with Crippen LogP contribution in [0.25, 0.3) is 0 Å². The first-order valence-corrected chi connectivity index (χ1v) is 6.14. The van der Waals surface area contributed by atoms with Crippen LogP contribution in [0, 0.1) is 18.3 Å². The molecule has 0 fully saturated rings. The number of nitriles is 1. The lowest BCUT2D eigenvalue weighted by molar-refractivity contribution is -0.115. The lowest BCUT2D eigenvalue weighted by atomic mass is 10.1. The van der Waals surface area contributed by atoms with E-state index in [0.29, 0.717) is 17.8 Å². The van der Waals surface area contributed by atoms with Crippen molar-refractivity contribution in [2.24, 2.45) is 0 Å². The van der Waals surface area contributed by atoms with Crippen LogP contribution in [-0.2, 0) is 4.79 Å². The van der Waals surface area contributed by atoms with Gasteiger partial charge in [0.25, 0.3) is 5.91 Å². The molecule has 1 aromatic rings. The van der Waals surface area contributed by atoms with Crippen LogP contribution in [0.4, 0.5) is 5.69 Å². The fourth-order valence-electron chi connectivity index (χ4n) is 1.55. The smallest absolute Gasteiger partial charge is 0.251 e. The van der Waals surface area contributed by atoms with Gasteiger partial charge in [-0.25, -0.2) is 0 Å². The van der Waals surface area contributed by atoms with E-state index >= 15 is 0 Å². The zero-order valence-corrected chi connectivity index (χ0v) is 11.1. The first kappa shape index (κ1) is 14.7. The summed E-state index contributed by atoms with van der Waals surface area (Å²) in [5.41, 5.74) is 1.96. The third-order valence-corrected chi connectivity index (χ3v) is 2.54. The molecule has 0 saturated heterocycles. The Morgan fingerprint density at radius 2 is 2.11 bits per heavy atom. The molecule has 0 radical (unpaired) electrons. The Labute approximate surface area is 112 Å². The highest BCUT2D eigenvalue weighted by atomic mass is 16.2. The first-order valence-electron chi connectivity index (χ1n) is 6.14. The molecular formula is C14H17N3O2. The van der Waals surface area contributed by atoms with Crippen molar-refractivity contribution in [1.82, 2.24) is 5.32 Å². The van der Waals surface area contributed by atoms with Gasteiger partial charge in [0.05, 0.1) is 6.07 Å². The fraction of sp³-hybridized carbons (Fsp3) is 0.357. The van der Waals surface area contributed by atoms with Crippen molar-refractivity contribution in [2.45, 2.75) is 26.7 Å². The Morgan fingerprint density at radius 3 is 2.68 bits per heavy atom. The molecule has 0 aliphatic carbocycles. The third-order valence-electron chi connectivity index (χ3n) is 2.54. The molecule has 0 spiro atoms. The van der Waals surface area contributed by atoms with Crippen molar-refractivity contribution in [3.63, 3.8) is 0 Å². The predicted molar refractivity (Wildman–Crippen MR) is 72.7 cm³/mol. The van der Waals surface area contributed by atoms with Crippen LogP contribution in [0.2, 0.25) is 0 Å². The molecule has 2 amide bonds. The molecular weight excluding hydrogens is 242 g/mol. The average molecular weight is 259 g/mol. The maximum absolute atomic E-state index is 11.8. The number of hydrogen-bond acceptors (Lipinski definition) is 3. The first-order chi connectivity index (χ1) is 9.08. The number of rotatable bonds is 5. The summed E-state index contributed by atoms with van der Waals surface area (Å²) in [5, 5.41) is 13.8. The van der Waals surface area contributed by atoms with Crippen LogP contribution in [-0.4, -0.2) is 18.4 Å². The molecule has 5 heteroatoms. The second kappa shape index (κ2) is 7.17. The predicted octanol–water partition coefficient (Wildman–Crippen LogP) is 1.99. The average Bonchev–Trinajstić information content (AvgIpc) is 2.38. The van der Waals surface area contributed by atoms with Gasteiger partial charge < -0.3 is 10.6 Å². The third kappa shape index (κ3) is 4.43. The van der Waals surface area contributed by atoms with E-state index in [4.69, 9.17) is 5.26 Å². The zero-order valence-electron chi connectivity index (χ0n) is 11.1. The van der Waals surface area contributed by atoms with Crippen LogP contribution in [0.1, 0.15) is 35.7 Å². The summed E-state index contributed by atoms with van der Waals surface area (Å²) in [6.45, 7) is 4.43. The topological polar surface area (TPSA) is 82.0 Å². The van der Waals surface area contributed by atoms with Gasteiger partial charge in [0, 0.05) is 17.8 Å². The summed E-state index contributed by atoms with van der Waals surface area (Å²) in [6, 6.07) is 6.82. The Kier molecular flexibility index (Phi) is 5.55. The van der Waals surface area contributed by atoms with Gasteiger partial charge in [-0.05, 0) is 37.1 Å². The van der Waals surface area contributed by atoms with Gasteiger partial charge in [0.2, 0.25) is 5.91 Å². The summed E-state index contributed by atoms with van der Waals surface area (Å²) in [4.78, 5) is 23.1. The largest absolute Gasteiger partial charge is 0.352 e. The van der Waals surface area contributed by atoms with Crippen molar-refractivity contribution in [1.29, 1.82) is 5.26 Å². The standard InChI is InChI=1S/C14H17N3O2/c1-3-8-16-14(19)11-4-5-12(10(2)9-11)17-13(18)6-7-15/h4-5,9H,3,6,8H2,1-2H3,(H,16,19)(H,17,18). The molecule has 100 valence electrons. The van der Waals surface area contributed by atoms with Gasteiger partial charge in [-0.15, -0.1) is 0 Å². The maximum Gasteiger partial charge on any atom is 0.251 e. The van der Waals surface area contributed by atoms with E-state index in [1.807, 2.05) is 6.92 Å². The molecule has 1 rings (SSSR count). The number of nitrogens with zero attached hydrogens (tertiary/aromatic N) is 1. The van der Waals surface area contributed by atoms with E-state index in [1.165, 1.54) is 0 Å². The van der Waals surface area contributed by atoms with Gasteiger partial charge in [0.1, 0.15) is 6.42 Å². The number of carbonyl (C=O) groups excluding carboxylic acids is 2. The van der Waals surface area contributed by atoms with E-state index in [-0.39, 0.29) is 18.2 Å². The van der Waals surface area contributed by atoms with Crippen molar-refractivity contribution >= 4 is 17.5 Å². The Morgan fingerprint density at radius 1 is 1.37 bits per heavy atom. The number of carbonyl (C=O) groups is 2. The van der Waals surface area contributed by atoms with E-state index in [0.717, 1.165) is 12.0 Å². The van der Waals surface area contributed by atoms with Crippen LogP contribution >= 0.6 is 0 Å². The van der Waals surface area contributed by atoms with E-state index in [9.17, 15) is 9.59 Å². The highest BCUT2D eigenvalue weighted by Gasteiger charge is 2.08. The monoisotopic (exact) mass is 259 g/mol. The SMILES string of the molecule is CCCNC(=O)c1ccc(NC(=O)CC#N)c(C)c1. The van der Waals surface area contributed by atoms with Crippen LogP contribution in [0.5, 0.6) is 0 Å². The highest BCUT2D eigenvalue weighted by Crippen LogP contribution is 2.16. The quantitative estimate of drug-likeness (QED) is 0.848. The van der Waals surface area contributed by atoms with E-state index < -0.39 is 0 Å². The molecule has 0 atom stereocenters. The number of amides is 2. The van der Waals surface area contributed by atoms with Crippen molar-refractivity contribution in [3.8, 4) is 6.07 Å². The maximum atomic E-state index is 11.8. The Bertz CT molecular complexity index is 518. The van der Waals surface area contributed by atoms with Crippen molar-refractivity contribution in [3.05, 3.63) is 29.3 Å². The zero-order chi connectivity index (χ0) is 14.3. The number of aryl methyl sites for hydroxylation is 1. The normalized spacial score (nSPS) is 9.53. The minimum Gasteiger partial charge on any atom is -0.352 e. The Balaban J connectivity index is 2.77. The summed E-state index contributed by atoms with van der Waals surface area (Å²) in [6.07, 6.45) is 0.700. The minimum absolute atomic E-state index is 0.125. The van der Waals surface area contributed by atoms with Gasteiger partial charge >= 0.3 is 0 Å². The summed E-state index contributed by atoms with van der Waals surface area (Å²) < 4.78 is 0. The van der Waals surface area contributed by atoms with Gasteiger partial charge in [-0.1, -0.05) is 6.92 Å². The number of benzene rings is 1. The number of anilines is 1. The molecule has 0 aliphatic heterocycles. The van der Waals surface area contributed by atoms with E-state index in [2.05, 4.69) is 10.6 Å². The minimum atomic E-state index is -0.353. The molecule has 2 N–H and O–H groups in total. The lowest BCUT2D eigenvalue weighted by Gasteiger charge is -2.09. The van der Waals surface area contributed by atoms with E-state index in [1.54, 1.807) is 31.2 Å². The van der Waals surface area contributed by atoms with Gasteiger partial charge in [0.15, 0.2) is 0 Å². The number of hydrogen-bond donors (Lipinski definition) is 2. The second-order valence-electron chi connectivity index (χ2n) is 4.17. The van der Waals surface area contributed by atoms with Crippen LogP contribution in [0.15, 0.2) is 18.2 Å². The molecule has 0 bridgehead atoms. The van der Waals surface area contributed by atoms with Gasteiger partial charge in [-0.3, -0.25) is 9.59 Å². The van der Waals surface area contributed by atoms with Gasteiger partial charge in [-0.2, -0.15) is 5.26 Å². The van der Waals surface area contributed by atoms with Crippen molar-refractivity contribution < 1.29 is 9.59 Å². The fourth-order valence-corrected chi connectivity index (χ4v) is 1.55. The highest BCUT2D eigenvalue weighted by molar-refractivity contribution is 5.96. The molecule has 19 heavy (non-hydrogen) atoms. The van der Waals surface area contributed by atoms with Crippen LogP contribution in [0.3, 0.4) is 0 Å². The Hall–Kier alpha value is -2.35. The molecule has 5 nitrogen and oxygen atoms in total. The lowest BCUT2D eigenvalue weighted by Crippen LogP contribution is -2.24. The second-order valence-corrected chi connectivity index (χ2v) is 4.17. The molecule has 0 heterocycles. The molecule has 1 aromatic carbocycles.